The van der Waals surface area contributed by atoms with Crippen LogP contribution in [0.1, 0.15) is 27.6 Å². The van der Waals surface area contributed by atoms with Crippen molar-refractivity contribution < 1.29 is 19.1 Å². The van der Waals surface area contributed by atoms with Gasteiger partial charge in [-0.2, -0.15) is 0 Å². The number of hydrogen-bond donors (Lipinski definition) is 1. The second-order valence-corrected chi connectivity index (χ2v) is 7.75. The van der Waals surface area contributed by atoms with Crippen LogP contribution in [0, 0.1) is 0 Å². The minimum atomic E-state index is -0.942. The number of hydrogen-bond acceptors (Lipinski definition) is 5. The lowest BCUT2D eigenvalue weighted by Gasteiger charge is -2.14. The van der Waals surface area contributed by atoms with Crippen LogP contribution in [0.2, 0.25) is 0 Å². The molecule has 1 N–H and O–H groups in total. The fourth-order valence-electron chi connectivity index (χ4n) is 2.80. The van der Waals surface area contributed by atoms with E-state index in [1.807, 2.05) is 24.3 Å². The van der Waals surface area contributed by atoms with Crippen LogP contribution in [0.3, 0.4) is 0 Å². The Morgan fingerprint density at radius 3 is 2.48 bits per heavy atom. The standard InChI is InChI=1S/C22H22N2O4S/c1-14(21(26)17-12-23-18-10-6-4-8-15(17)18)28-22(27)16-9-5-7-11-19(16)29-13-20(25)24(2)3/h4-12,14,23H,13H2,1-3H3. The molecule has 0 fully saturated rings. The number of fused-ring (bicyclic) bond motifs is 1. The summed E-state index contributed by atoms with van der Waals surface area (Å²) in [5.74, 6) is -0.711. The number of Topliss-reactive ketones (excluding diaryl/α,β-unsaturated/α-hetero) is 1. The molecule has 1 unspecified atom stereocenters. The van der Waals surface area contributed by atoms with E-state index in [9.17, 15) is 14.4 Å². The molecule has 0 saturated heterocycles. The normalized spacial score (nSPS) is 11.8. The average Bonchev–Trinajstić information content (AvgIpc) is 3.15. The van der Waals surface area contributed by atoms with Gasteiger partial charge in [-0.15, -0.1) is 11.8 Å². The third kappa shape index (κ3) is 4.68. The third-order valence-electron chi connectivity index (χ3n) is 4.46. The number of ketones is 1. The van der Waals surface area contributed by atoms with Gasteiger partial charge in [0, 0.05) is 41.7 Å². The van der Waals surface area contributed by atoms with Crippen LogP contribution in [-0.4, -0.2) is 53.5 Å². The molecule has 1 heterocycles. The van der Waals surface area contributed by atoms with Gasteiger partial charge in [-0.25, -0.2) is 4.79 Å². The summed E-state index contributed by atoms with van der Waals surface area (Å²) in [6.45, 7) is 1.56. The maximum absolute atomic E-state index is 12.8. The molecule has 0 saturated carbocycles. The molecule has 1 atom stereocenters. The summed E-state index contributed by atoms with van der Waals surface area (Å²) in [5.41, 5.74) is 1.67. The van der Waals surface area contributed by atoms with E-state index in [4.69, 9.17) is 4.74 Å². The Balaban J connectivity index is 1.73. The summed E-state index contributed by atoms with van der Waals surface area (Å²) in [6, 6.07) is 14.4. The molecule has 7 heteroatoms. The summed E-state index contributed by atoms with van der Waals surface area (Å²) < 4.78 is 5.45. The lowest BCUT2D eigenvalue weighted by atomic mass is 10.1. The Bertz CT molecular complexity index is 1060. The molecule has 2 aromatic carbocycles. The van der Waals surface area contributed by atoms with Crippen molar-refractivity contribution in [3.63, 3.8) is 0 Å². The van der Waals surface area contributed by atoms with Crippen LogP contribution in [0.5, 0.6) is 0 Å². The van der Waals surface area contributed by atoms with E-state index < -0.39 is 12.1 Å². The first-order valence-corrected chi connectivity index (χ1v) is 10.1. The molecule has 0 radical (unpaired) electrons. The Morgan fingerprint density at radius 2 is 1.72 bits per heavy atom. The highest BCUT2D eigenvalue weighted by Crippen LogP contribution is 2.25. The summed E-state index contributed by atoms with van der Waals surface area (Å²) in [5, 5.41) is 0.790. The number of amides is 1. The number of ether oxygens (including phenoxy) is 1. The number of nitrogens with one attached hydrogen (secondary N) is 1. The van der Waals surface area contributed by atoms with Crippen molar-refractivity contribution in [1.82, 2.24) is 9.88 Å². The SMILES string of the molecule is CC(OC(=O)c1ccccc1SCC(=O)N(C)C)C(=O)c1c[nH]c2ccccc12. The zero-order valence-corrected chi connectivity index (χ0v) is 17.3. The molecule has 0 aliphatic carbocycles. The van der Waals surface area contributed by atoms with Crippen molar-refractivity contribution in [3.8, 4) is 0 Å². The van der Waals surface area contributed by atoms with Crippen molar-refractivity contribution >= 4 is 40.3 Å². The number of carbonyl (C=O) groups is 3. The highest BCUT2D eigenvalue weighted by molar-refractivity contribution is 8.00. The van der Waals surface area contributed by atoms with Gasteiger partial charge < -0.3 is 14.6 Å². The third-order valence-corrected chi connectivity index (χ3v) is 5.52. The number of benzene rings is 2. The minimum Gasteiger partial charge on any atom is -0.451 e. The number of esters is 1. The molecule has 3 rings (SSSR count). The largest absolute Gasteiger partial charge is 0.451 e. The van der Waals surface area contributed by atoms with Crippen molar-refractivity contribution in [1.29, 1.82) is 0 Å². The van der Waals surface area contributed by atoms with Crippen LogP contribution in [0.15, 0.2) is 59.6 Å². The number of nitrogens with zero attached hydrogens (tertiary/aromatic N) is 1. The van der Waals surface area contributed by atoms with Crippen LogP contribution < -0.4 is 0 Å². The average molecular weight is 410 g/mol. The van der Waals surface area contributed by atoms with E-state index in [1.165, 1.54) is 16.7 Å². The van der Waals surface area contributed by atoms with Gasteiger partial charge in [-0.3, -0.25) is 9.59 Å². The van der Waals surface area contributed by atoms with Gasteiger partial charge in [0.1, 0.15) is 0 Å². The summed E-state index contributed by atoms with van der Waals surface area (Å²) in [7, 11) is 3.36. The molecule has 1 aromatic heterocycles. The second kappa shape index (κ2) is 8.96. The summed E-state index contributed by atoms with van der Waals surface area (Å²) >= 11 is 1.26. The number of rotatable bonds is 7. The Labute approximate surface area is 173 Å². The Kier molecular flexibility index (Phi) is 6.39. The molecular weight excluding hydrogens is 388 g/mol. The number of H-pyrrole nitrogens is 1. The van der Waals surface area contributed by atoms with E-state index in [2.05, 4.69) is 4.98 Å². The topological polar surface area (TPSA) is 79.5 Å². The Morgan fingerprint density at radius 1 is 1.03 bits per heavy atom. The van der Waals surface area contributed by atoms with Crippen LogP contribution in [-0.2, 0) is 9.53 Å². The number of carbonyl (C=O) groups excluding carboxylic acids is 3. The highest BCUT2D eigenvalue weighted by atomic mass is 32.2. The van der Waals surface area contributed by atoms with Gasteiger partial charge in [0.15, 0.2) is 6.10 Å². The molecule has 0 spiro atoms. The van der Waals surface area contributed by atoms with E-state index in [0.717, 1.165) is 10.9 Å². The van der Waals surface area contributed by atoms with Crippen molar-refractivity contribution in [3.05, 3.63) is 65.9 Å². The second-order valence-electron chi connectivity index (χ2n) is 6.73. The van der Waals surface area contributed by atoms with E-state index in [1.54, 1.807) is 51.5 Å². The van der Waals surface area contributed by atoms with Crippen molar-refractivity contribution in [2.45, 2.75) is 17.9 Å². The number of para-hydroxylation sites is 1. The van der Waals surface area contributed by atoms with Crippen LogP contribution >= 0.6 is 11.8 Å². The van der Waals surface area contributed by atoms with Gasteiger partial charge in [0.2, 0.25) is 11.7 Å². The molecule has 0 bridgehead atoms. The van der Waals surface area contributed by atoms with Gasteiger partial charge in [0.05, 0.1) is 11.3 Å². The number of aromatic nitrogens is 1. The molecule has 29 heavy (non-hydrogen) atoms. The van der Waals surface area contributed by atoms with Crippen molar-refractivity contribution in [2.75, 3.05) is 19.8 Å². The lowest BCUT2D eigenvalue weighted by molar-refractivity contribution is -0.125. The fourth-order valence-corrected chi connectivity index (χ4v) is 3.82. The van der Waals surface area contributed by atoms with E-state index in [-0.39, 0.29) is 17.4 Å². The maximum Gasteiger partial charge on any atom is 0.339 e. The molecule has 3 aromatic rings. The van der Waals surface area contributed by atoms with Gasteiger partial charge in [0.25, 0.3) is 0 Å². The van der Waals surface area contributed by atoms with Gasteiger partial charge >= 0.3 is 5.97 Å². The monoisotopic (exact) mass is 410 g/mol. The van der Waals surface area contributed by atoms with Gasteiger partial charge in [-0.1, -0.05) is 30.3 Å². The zero-order valence-electron chi connectivity index (χ0n) is 16.5. The first kappa shape index (κ1) is 20.7. The minimum absolute atomic E-state index is 0.0546. The Hall–Kier alpha value is -3.06. The summed E-state index contributed by atoms with van der Waals surface area (Å²) in [4.78, 5) is 42.5. The highest BCUT2D eigenvalue weighted by Gasteiger charge is 2.24. The molecule has 0 aliphatic rings. The number of thioether (sulfide) groups is 1. The maximum atomic E-state index is 12.8. The van der Waals surface area contributed by atoms with Gasteiger partial charge in [-0.05, 0) is 25.1 Å². The predicted octanol–water partition coefficient (Wildman–Crippen LogP) is 3.78. The number of aromatic amines is 1. The predicted molar refractivity (Wildman–Crippen MR) is 113 cm³/mol. The molecule has 6 nitrogen and oxygen atoms in total. The van der Waals surface area contributed by atoms with E-state index >= 15 is 0 Å². The quantitative estimate of drug-likeness (QED) is 0.364. The first-order valence-electron chi connectivity index (χ1n) is 9.11. The molecular formula is C22H22N2O4S. The summed E-state index contributed by atoms with van der Waals surface area (Å²) in [6.07, 6.45) is 0.691. The van der Waals surface area contributed by atoms with Crippen molar-refractivity contribution in [2.24, 2.45) is 0 Å². The van der Waals surface area contributed by atoms with E-state index in [0.29, 0.717) is 16.0 Å². The molecule has 0 aliphatic heterocycles. The first-order chi connectivity index (χ1) is 13.9. The smallest absolute Gasteiger partial charge is 0.339 e. The van der Waals surface area contributed by atoms with Crippen LogP contribution in [0.4, 0.5) is 0 Å². The molecule has 1 amide bonds. The molecule has 150 valence electrons. The van der Waals surface area contributed by atoms with Crippen LogP contribution in [0.25, 0.3) is 10.9 Å². The fraction of sp³-hybridized carbons (Fsp3) is 0.227. The lowest BCUT2D eigenvalue weighted by Crippen LogP contribution is -2.25. The zero-order chi connectivity index (χ0) is 21.0.